The molecule has 6 nitrogen and oxygen atoms in total. The van der Waals surface area contributed by atoms with Crippen molar-refractivity contribution in [2.24, 2.45) is 0 Å². The third-order valence-corrected chi connectivity index (χ3v) is 5.24. The zero-order valence-electron chi connectivity index (χ0n) is 14.5. The number of thiazole rings is 1. The first-order valence-corrected chi connectivity index (χ1v) is 9.38. The zero-order chi connectivity index (χ0) is 17.5. The van der Waals surface area contributed by atoms with Gasteiger partial charge in [-0.05, 0) is 18.1 Å². The summed E-state index contributed by atoms with van der Waals surface area (Å²) in [5.74, 6) is 0. The molecule has 1 aliphatic heterocycles. The number of aryl methyl sites for hydroxylation is 1. The number of morpholine rings is 1. The van der Waals surface area contributed by atoms with Crippen LogP contribution >= 0.6 is 11.3 Å². The van der Waals surface area contributed by atoms with Crippen LogP contribution in [0.1, 0.15) is 21.7 Å². The highest BCUT2D eigenvalue weighted by Crippen LogP contribution is 2.13. The van der Waals surface area contributed by atoms with Crippen LogP contribution in [0.4, 0.5) is 4.79 Å². The van der Waals surface area contributed by atoms with Gasteiger partial charge >= 0.3 is 6.03 Å². The van der Waals surface area contributed by atoms with E-state index in [9.17, 15) is 4.79 Å². The largest absolute Gasteiger partial charge is 0.379 e. The van der Waals surface area contributed by atoms with Crippen molar-refractivity contribution in [1.82, 2.24) is 20.5 Å². The number of urea groups is 1. The van der Waals surface area contributed by atoms with E-state index in [1.165, 1.54) is 5.56 Å². The SMILES string of the molecule is Cc1ncsc1CNC(=O)NCc1ccccc1CN1CCOCC1. The maximum atomic E-state index is 12.1. The lowest BCUT2D eigenvalue weighted by atomic mass is 10.1. The molecular weight excluding hydrogens is 336 g/mol. The minimum atomic E-state index is -0.158. The van der Waals surface area contributed by atoms with E-state index in [0.29, 0.717) is 13.1 Å². The van der Waals surface area contributed by atoms with Crippen LogP contribution in [0.2, 0.25) is 0 Å². The lowest BCUT2D eigenvalue weighted by Gasteiger charge is -2.27. The number of carbonyl (C=O) groups is 1. The molecule has 3 rings (SSSR count). The second-order valence-corrected chi connectivity index (χ2v) is 6.99. The zero-order valence-corrected chi connectivity index (χ0v) is 15.3. The molecule has 2 N–H and O–H groups in total. The topological polar surface area (TPSA) is 66.5 Å². The van der Waals surface area contributed by atoms with Crippen LogP contribution in [-0.4, -0.2) is 42.2 Å². The first-order valence-electron chi connectivity index (χ1n) is 8.50. The number of benzene rings is 1. The molecule has 1 aromatic heterocycles. The fraction of sp³-hybridized carbons (Fsp3) is 0.444. The first-order chi connectivity index (χ1) is 12.2. The molecule has 0 bridgehead atoms. The van der Waals surface area contributed by atoms with Crippen molar-refractivity contribution in [1.29, 1.82) is 0 Å². The van der Waals surface area contributed by atoms with Gasteiger partial charge in [0, 0.05) is 31.1 Å². The van der Waals surface area contributed by atoms with Crippen molar-refractivity contribution in [3.63, 3.8) is 0 Å². The van der Waals surface area contributed by atoms with E-state index in [-0.39, 0.29) is 6.03 Å². The Morgan fingerprint density at radius 2 is 1.92 bits per heavy atom. The van der Waals surface area contributed by atoms with Crippen molar-refractivity contribution in [2.45, 2.75) is 26.6 Å². The normalized spacial score (nSPS) is 15.1. The van der Waals surface area contributed by atoms with Crippen molar-refractivity contribution < 1.29 is 9.53 Å². The van der Waals surface area contributed by atoms with E-state index in [1.807, 2.05) is 19.1 Å². The van der Waals surface area contributed by atoms with Crippen molar-refractivity contribution in [3.8, 4) is 0 Å². The van der Waals surface area contributed by atoms with Gasteiger partial charge in [0.15, 0.2) is 0 Å². The molecule has 1 fully saturated rings. The van der Waals surface area contributed by atoms with E-state index >= 15 is 0 Å². The van der Waals surface area contributed by atoms with Crippen LogP contribution in [0.15, 0.2) is 29.8 Å². The van der Waals surface area contributed by atoms with E-state index < -0.39 is 0 Å². The number of amides is 2. The maximum absolute atomic E-state index is 12.1. The molecule has 25 heavy (non-hydrogen) atoms. The minimum absolute atomic E-state index is 0.158. The van der Waals surface area contributed by atoms with E-state index in [0.717, 1.165) is 49.0 Å². The predicted octanol–water partition coefficient (Wildman–Crippen LogP) is 2.28. The molecule has 2 amide bonds. The molecule has 2 heterocycles. The first kappa shape index (κ1) is 17.8. The van der Waals surface area contributed by atoms with Gasteiger partial charge < -0.3 is 15.4 Å². The average molecular weight is 360 g/mol. The van der Waals surface area contributed by atoms with Crippen molar-refractivity contribution >= 4 is 17.4 Å². The minimum Gasteiger partial charge on any atom is -0.379 e. The van der Waals surface area contributed by atoms with E-state index in [1.54, 1.807) is 16.8 Å². The van der Waals surface area contributed by atoms with Crippen LogP contribution in [-0.2, 0) is 24.4 Å². The Morgan fingerprint density at radius 3 is 2.64 bits per heavy atom. The summed E-state index contributed by atoms with van der Waals surface area (Å²) in [5.41, 5.74) is 5.17. The number of rotatable bonds is 6. The molecule has 1 aliphatic rings. The van der Waals surface area contributed by atoms with Crippen molar-refractivity contribution in [3.05, 3.63) is 51.5 Å². The third kappa shape index (κ3) is 5.26. The molecule has 0 radical (unpaired) electrons. The second kappa shape index (κ2) is 8.94. The van der Waals surface area contributed by atoms with Gasteiger partial charge in [0.25, 0.3) is 0 Å². The van der Waals surface area contributed by atoms with Gasteiger partial charge in [-0.15, -0.1) is 11.3 Å². The summed E-state index contributed by atoms with van der Waals surface area (Å²) in [6.07, 6.45) is 0. The highest BCUT2D eigenvalue weighted by atomic mass is 32.1. The molecule has 0 spiro atoms. The summed E-state index contributed by atoms with van der Waals surface area (Å²) in [6.45, 7) is 7.37. The summed E-state index contributed by atoms with van der Waals surface area (Å²) in [7, 11) is 0. The van der Waals surface area contributed by atoms with Crippen LogP contribution in [0.5, 0.6) is 0 Å². The molecule has 0 aliphatic carbocycles. The van der Waals surface area contributed by atoms with Gasteiger partial charge in [0.2, 0.25) is 0 Å². The molecule has 0 unspecified atom stereocenters. The quantitative estimate of drug-likeness (QED) is 0.829. The summed E-state index contributed by atoms with van der Waals surface area (Å²) in [4.78, 5) is 19.7. The number of hydrogen-bond acceptors (Lipinski definition) is 5. The summed E-state index contributed by atoms with van der Waals surface area (Å²) < 4.78 is 5.40. The lowest BCUT2D eigenvalue weighted by Crippen LogP contribution is -2.37. The molecule has 0 atom stereocenters. The number of hydrogen-bond donors (Lipinski definition) is 2. The summed E-state index contributed by atoms with van der Waals surface area (Å²) in [5, 5.41) is 5.84. The van der Waals surface area contributed by atoms with Gasteiger partial charge in [-0.1, -0.05) is 24.3 Å². The fourth-order valence-corrected chi connectivity index (χ4v) is 3.50. The molecule has 7 heteroatoms. The van der Waals surface area contributed by atoms with E-state index in [2.05, 4.69) is 32.7 Å². The Morgan fingerprint density at radius 1 is 1.20 bits per heavy atom. The van der Waals surface area contributed by atoms with Crippen LogP contribution in [0, 0.1) is 6.92 Å². The molecule has 1 saturated heterocycles. The van der Waals surface area contributed by atoms with E-state index in [4.69, 9.17) is 4.74 Å². The Bertz CT molecular complexity index is 698. The third-order valence-electron chi connectivity index (χ3n) is 4.31. The number of aromatic nitrogens is 1. The molecule has 134 valence electrons. The highest BCUT2D eigenvalue weighted by Gasteiger charge is 2.13. The van der Waals surface area contributed by atoms with Crippen LogP contribution < -0.4 is 10.6 Å². The number of nitrogens with one attached hydrogen (secondary N) is 2. The Hall–Kier alpha value is -1.96. The van der Waals surface area contributed by atoms with Gasteiger partial charge in [-0.2, -0.15) is 0 Å². The standard InChI is InChI=1S/C18H24N4O2S/c1-14-17(25-13-21-14)11-20-18(23)19-10-15-4-2-3-5-16(15)12-22-6-8-24-9-7-22/h2-5,13H,6-12H2,1H3,(H2,19,20,23). The Labute approximate surface area is 152 Å². The Kier molecular flexibility index (Phi) is 6.38. The molecule has 1 aromatic carbocycles. The highest BCUT2D eigenvalue weighted by molar-refractivity contribution is 7.09. The summed E-state index contributed by atoms with van der Waals surface area (Å²) >= 11 is 1.56. The van der Waals surface area contributed by atoms with Gasteiger partial charge in [0.1, 0.15) is 0 Å². The fourth-order valence-electron chi connectivity index (χ4n) is 2.78. The Balaban J connectivity index is 1.50. The molecule has 0 saturated carbocycles. The monoisotopic (exact) mass is 360 g/mol. The van der Waals surface area contributed by atoms with Crippen molar-refractivity contribution in [2.75, 3.05) is 26.3 Å². The smallest absolute Gasteiger partial charge is 0.315 e. The van der Waals surface area contributed by atoms with Gasteiger partial charge in [0.05, 0.1) is 31.0 Å². The van der Waals surface area contributed by atoms with Crippen LogP contribution in [0.25, 0.3) is 0 Å². The van der Waals surface area contributed by atoms with Gasteiger partial charge in [-0.25, -0.2) is 9.78 Å². The number of nitrogens with zero attached hydrogens (tertiary/aromatic N) is 2. The molecular formula is C18H24N4O2S. The second-order valence-electron chi connectivity index (χ2n) is 6.05. The lowest BCUT2D eigenvalue weighted by molar-refractivity contribution is 0.0341. The van der Waals surface area contributed by atoms with Crippen LogP contribution in [0.3, 0.4) is 0 Å². The number of ether oxygens (including phenoxy) is 1. The summed E-state index contributed by atoms with van der Waals surface area (Å²) in [6, 6.07) is 8.10. The number of carbonyl (C=O) groups excluding carboxylic acids is 1. The predicted molar refractivity (Wildman–Crippen MR) is 98.5 cm³/mol. The maximum Gasteiger partial charge on any atom is 0.315 e. The molecule has 2 aromatic rings. The average Bonchev–Trinajstić information content (AvgIpc) is 3.05. The van der Waals surface area contributed by atoms with Gasteiger partial charge in [-0.3, -0.25) is 4.90 Å².